The Bertz CT molecular complexity index is 662. The quantitative estimate of drug-likeness (QED) is 0.801. The van der Waals surface area contributed by atoms with Gasteiger partial charge in [0.05, 0.1) is 0 Å². The van der Waals surface area contributed by atoms with Gasteiger partial charge in [-0.15, -0.1) is 0 Å². The summed E-state index contributed by atoms with van der Waals surface area (Å²) in [6.07, 6.45) is 5.39. The van der Waals surface area contributed by atoms with Crippen LogP contribution in [0.1, 0.15) is 40.0 Å². The summed E-state index contributed by atoms with van der Waals surface area (Å²) in [7, 11) is 0. The maximum Gasteiger partial charge on any atom is 0.224 e. The Balaban J connectivity index is 1.62. The largest absolute Gasteiger partial charge is 0.372 e. The Hall–Kier alpha value is -2.30. The number of hydrogen-bond donors (Lipinski definition) is 2. The van der Waals surface area contributed by atoms with Crippen LogP contribution in [-0.4, -0.2) is 29.1 Å². The number of anilines is 4. The van der Waals surface area contributed by atoms with Crippen LogP contribution in [0, 0.1) is 5.92 Å². The van der Waals surface area contributed by atoms with E-state index in [2.05, 4.69) is 70.5 Å². The van der Waals surface area contributed by atoms with Gasteiger partial charge in [0.2, 0.25) is 5.95 Å². The summed E-state index contributed by atoms with van der Waals surface area (Å²) in [6.45, 7) is 8.93. The third-order valence-electron chi connectivity index (χ3n) is 4.93. The zero-order valence-electron chi connectivity index (χ0n) is 15.5. The molecule has 0 spiro atoms. The van der Waals surface area contributed by atoms with Crippen molar-refractivity contribution in [3.05, 3.63) is 36.5 Å². The predicted molar refractivity (Wildman–Crippen MR) is 106 cm³/mol. The molecule has 1 aromatic carbocycles. The summed E-state index contributed by atoms with van der Waals surface area (Å²) in [5.41, 5.74) is 2.35. The van der Waals surface area contributed by atoms with Crippen LogP contribution in [0.25, 0.3) is 0 Å². The Kier molecular flexibility index (Phi) is 5.74. The summed E-state index contributed by atoms with van der Waals surface area (Å²) in [5, 5.41) is 6.67. The van der Waals surface area contributed by atoms with Gasteiger partial charge in [-0.3, -0.25) is 0 Å². The van der Waals surface area contributed by atoms with Crippen LogP contribution in [0.3, 0.4) is 0 Å². The topological polar surface area (TPSA) is 53.1 Å². The average Bonchev–Trinajstić information content (AvgIpc) is 2.63. The molecule has 0 aliphatic carbocycles. The lowest BCUT2D eigenvalue weighted by atomic mass is 9.99. The standard InChI is InChI=1S/C20H29N5/c1-4-16(3)22-20-21-12-9-19(24-20)23-17-5-7-18(8-6-17)25-13-10-15(2)11-14-25/h5-9,12,15-16H,4,10-11,13-14H2,1-3H3,(H2,21,22,23,24). The summed E-state index contributed by atoms with van der Waals surface area (Å²) in [6, 6.07) is 10.9. The lowest BCUT2D eigenvalue weighted by Gasteiger charge is -2.32. The van der Waals surface area contributed by atoms with Gasteiger partial charge in [-0.2, -0.15) is 4.98 Å². The number of nitrogens with zero attached hydrogens (tertiary/aromatic N) is 3. The molecule has 1 aliphatic heterocycles. The van der Waals surface area contributed by atoms with Crippen molar-refractivity contribution in [1.29, 1.82) is 0 Å². The molecule has 2 aromatic rings. The van der Waals surface area contributed by atoms with E-state index in [1.165, 1.54) is 18.5 Å². The van der Waals surface area contributed by atoms with Gasteiger partial charge < -0.3 is 15.5 Å². The molecule has 25 heavy (non-hydrogen) atoms. The second kappa shape index (κ2) is 8.19. The number of hydrogen-bond acceptors (Lipinski definition) is 5. The molecule has 1 atom stereocenters. The highest BCUT2D eigenvalue weighted by Crippen LogP contribution is 2.25. The minimum absolute atomic E-state index is 0.363. The number of rotatable bonds is 6. The maximum atomic E-state index is 4.53. The molecule has 5 nitrogen and oxygen atoms in total. The number of piperidine rings is 1. The van der Waals surface area contributed by atoms with Crippen molar-refractivity contribution < 1.29 is 0 Å². The first kappa shape index (κ1) is 17.5. The van der Waals surface area contributed by atoms with Gasteiger partial charge in [-0.05, 0) is 62.4 Å². The molecule has 0 amide bonds. The number of nitrogens with one attached hydrogen (secondary N) is 2. The Labute approximate surface area is 150 Å². The van der Waals surface area contributed by atoms with Gasteiger partial charge in [-0.1, -0.05) is 13.8 Å². The fourth-order valence-electron chi connectivity index (χ4n) is 2.99. The first-order valence-corrected chi connectivity index (χ1v) is 9.35. The van der Waals surface area contributed by atoms with E-state index in [0.29, 0.717) is 12.0 Å². The third-order valence-corrected chi connectivity index (χ3v) is 4.93. The van der Waals surface area contributed by atoms with Crippen molar-refractivity contribution in [2.24, 2.45) is 5.92 Å². The third kappa shape index (κ3) is 4.84. The smallest absolute Gasteiger partial charge is 0.224 e. The molecular formula is C20H29N5. The molecule has 5 heteroatoms. The van der Waals surface area contributed by atoms with Gasteiger partial charge >= 0.3 is 0 Å². The molecule has 1 aromatic heterocycles. The van der Waals surface area contributed by atoms with Crippen molar-refractivity contribution in [1.82, 2.24) is 9.97 Å². The molecule has 2 N–H and O–H groups in total. The fraction of sp³-hybridized carbons (Fsp3) is 0.500. The minimum atomic E-state index is 0.363. The first-order chi connectivity index (χ1) is 12.1. The van der Waals surface area contributed by atoms with Crippen LogP contribution in [0.5, 0.6) is 0 Å². The van der Waals surface area contributed by atoms with Crippen molar-refractivity contribution in [3.63, 3.8) is 0 Å². The zero-order chi connectivity index (χ0) is 17.6. The number of aromatic nitrogens is 2. The van der Waals surface area contributed by atoms with E-state index in [-0.39, 0.29) is 0 Å². The number of benzene rings is 1. The van der Waals surface area contributed by atoms with E-state index in [4.69, 9.17) is 0 Å². The molecule has 0 saturated carbocycles. The highest BCUT2D eigenvalue weighted by molar-refractivity contribution is 5.61. The predicted octanol–water partition coefficient (Wildman–Crippen LogP) is 4.67. The van der Waals surface area contributed by atoms with E-state index in [1.807, 2.05) is 6.07 Å². The summed E-state index contributed by atoms with van der Waals surface area (Å²) in [4.78, 5) is 11.3. The SMILES string of the molecule is CCC(C)Nc1nccc(Nc2ccc(N3CCC(C)CC3)cc2)n1. The van der Waals surface area contributed by atoms with Crippen molar-refractivity contribution >= 4 is 23.1 Å². The van der Waals surface area contributed by atoms with E-state index in [0.717, 1.165) is 36.9 Å². The Morgan fingerprint density at radius 1 is 1.16 bits per heavy atom. The van der Waals surface area contributed by atoms with Gasteiger partial charge in [0.15, 0.2) is 0 Å². The van der Waals surface area contributed by atoms with E-state index in [1.54, 1.807) is 6.20 Å². The lowest BCUT2D eigenvalue weighted by Crippen LogP contribution is -2.32. The second-order valence-electron chi connectivity index (χ2n) is 7.06. The highest BCUT2D eigenvalue weighted by atomic mass is 15.2. The normalized spacial score (nSPS) is 16.5. The van der Waals surface area contributed by atoms with Crippen LogP contribution in [-0.2, 0) is 0 Å². The van der Waals surface area contributed by atoms with Crippen molar-refractivity contribution in [2.45, 2.75) is 46.1 Å². The highest BCUT2D eigenvalue weighted by Gasteiger charge is 2.15. The molecule has 1 aliphatic rings. The Morgan fingerprint density at radius 2 is 1.88 bits per heavy atom. The summed E-state index contributed by atoms with van der Waals surface area (Å²) < 4.78 is 0. The molecule has 1 fully saturated rings. The molecular weight excluding hydrogens is 310 g/mol. The Morgan fingerprint density at radius 3 is 2.56 bits per heavy atom. The lowest BCUT2D eigenvalue weighted by molar-refractivity contribution is 0.438. The first-order valence-electron chi connectivity index (χ1n) is 9.35. The van der Waals surface area contributed by atoms with Gasteiger partial charge in [0.25, 0.3) is 0 Å². The molecule has 0 radical (unpaired) electrons. The maximum absolute atomic E-state index is 4.53. The summed E-state index contributed by atoms with van der Waals surface area (Å²) in [5.74, 6) is 2.33. The van der Waals surface area contributed by atoms with Crippen LogP contribution in [0.4, 0.5) is 23.1 Å². The monoisotopic (exact) mass is 339 g/mol. The van der Waals surface area contributed by atoms with Crippen molar-refractivity contribution in [3.8, 4) is 0 Å². The molecule has 1 unspecified atom stereocenters. The van der Waals surface area contributed by atoms with Crippen LogP contribution < -0.4 is 15.5 Å². The molecule has 3 rings (SSSR count). The zero-order valence-corrected chi connectivity index (χ0v) is 15.5. The molecule has 2 heterocycles. The molecule has 134 valence electrons. The van der Waals surface area contributed by atoms with Crippen LogP contribution in [0.15, 0.2) is 36.5 Å². The summed E-state index contributed by atoms with van der Waals surface area (Å²) >= 11 is 0. The van der Waals surface area contributed by atoms with Crippen LogP contribution in [0.2, 0.25) is 0 Å². The van der Waals surface area contributed by atoms with E-state index < -0.39 is 0 Å². The average molecular weight is 339 g/mol. The molecule has 0 bridgehead atoms. The fourth-order valence-corrected chi connectivity index (χ4v) is 2.99. The van der Waals surface area contributed by atoms with E-state index >= 15 is 0 Å². The minimum Gasteiger partial charge on any atom is -0.372 e. The molecule has 1 saturated heterocycles. The van der Waals surface area contributed by atoms with Gasteiger partial charge in [-0.25, -0.2) is 4.98 Å². The van der Waals surface area contributed by atoms with Gasteiger partial charge in [0.1, 0.15) is 5.82 Å². The van der Waals surface area contributed by atoms with Crippen molar-refractivity contribution in [2.75, 3.05) is 28.6 Å². The van der Waals surface area contributed by atoms with E-state index in [9.17, 15) is 0 Å². The van der Waals surface area contributed by atoms with Crippen LogP contribution >= 0.6 is 0 Å². The second-order valence-corrected chi connectivity index (χ2v) is 7.06. The van der Waals surface area contributed by atoms with Gasteiger partial charge in [0, 0.05) is 36.7 Å².